The van der Waals surface area contributed by atoms with Gasteiger partial charge in [-0.25, -0.2) is 13.2 Å². The third kappa shape index (κ3) is 2.85. The molecule has 0 aliphatic heterocycles. The molecule has 0 aliphatic rings. The van der Waals surface area contributed by atoms with Gasteiger partial charge >= 0.3 is 0 Å². The highest BCUT2D eigenvalue weighted by molar-refractivity contribution is 6.04. The van der Waals surface area contributed by atoms with E-state index in [0.29, 0.717) is 6.07 Å². The van der Waals surface area contributed by atoms with Crippen LogP contribution in [-0.4, -0.2) is 11.0 Å². The van der Waals surface area contributed by atoms with E-state index in [2.05, 4.69) is 5.32 Å². The summed E-state index contributed by atoms with van der Waals surface area (Å²) >= 11 is 0. The van der Waals surface area contributed by atoms with Gasteiger partial charge in [0.15, 0.2) is 0 Å². The number of phenolic OH excluding ortho intramolecular Hbond substituents is 1. The number of benzene rings is 2. The van der Waals surface area contributed by atoms with Gasteiger partial charge in [-0.05, 0) is 24.3 Å². The number of anilines is 1. The second-order valence-corrected chi connectivity index (χ2v) is 3.74. The monoisotopic (exact) mass is 267 g/mol. The lowest BCUT2D eigenvalue weighted by Crippen LogP contribution is -2.14. The SMILES string of the molecule is O=C(Nc1ccc(F)cc1F)c1ccc(O)cc1F. The molecule has 1 amide bonds. The van der Waals surface area contributed by atoms with Crippen LogP contribution in [0.15, 0.2) is 36.4 Å². The third-order valence-corrected chi connectivity index (χ3v) is 2.38. The van der Waals surface area contributed by atoms with Crippen molar-refractivity contribution < 1.29 is 23.1 Å². The van der Waals surface area contributed by atoms with E-state index >= 15 is 0 Å². The van der Waals surface area contributed by atoms with Crippen LogP contribution in [0.4, 0.5) is 18.9 Å². The number of nitrogens with one attached hydrogen (secondary N) is 1. The predicted octanol–water partition coefficient (Wildman–Crippen LogP) is 3.06. The summed E-state index contributed by atoms with van der Waals surface area (Å²) in [5.41, 5.74) is -0.625. The Hall–Kier alpha value is -2.50. The molecule has 0 aliphatic carbocycles. The number of hydrogen-bond donors (Lipinski definition) is 2. The van der Waals surface area contributed by atoms with Crippen LogP contribution in [0.5, 0.6) is 5.75 Å². The Morgan fingerprint density at radius 1 is 1.00 bits per heavy atom. The van der Waals surface area contributed by atoms with Gasteiger partial charge < -0.3 is 10.4 Å². The molecule has 0 bridgehead atoms. The molecule has 0 unspecified atom stereocenters. The maximum Gasteiger partial charge on any atom is 0.258 e. The van der Waals surface area contributed by atoms with Crippen LogP contribution < -0.4 is 5.32 Å². The first kappa shape index (κ1) is 12.9. The third-order valence-electron chi connectivity index (χ3n) is 2.38. The molecule has 2 aromatic carbocycles. The molecule has 2 rings (SSSR count). The number of phenols is 1. The lowest BCUT2D eigenvalue weighted by Gasteiger charge is -2.07. The van der Waals surface area contributed by atoms with Gasteiger partial charge in [-0.3, -0.25) is 4.79 Å². The highest BCUT2D eigenvalue weighted by Gasteiger charge is 2.14. The smallest absolute Gasteiger partial charge is 0.258 e. The lowest BCUT2D eigenvalue weighted by atomic mass is 10.2. The van der Waals surface area contributed by atoms with Crippen LogP contribution in [0.25, 0.3) is 0 Å². The zero-order valence-corrected chi connectivity index (χ0v) is 9.45. The number of amides is 1. The van der Waals surface area contributed by atoms with Gasteiger partial charge in [0, 0.05) is 12.1 Å². The highest BCUT2D eigenvalue weighted by Crippen LogP contribution is 2.19. The van der Waals surface area contributed by atoms with Crippen LogP contribution in [-0.2, 0) is 0 Å². The van der Waals surface area contributed by atoms with Gasteiger partial charge in [-0.15, -0.1) is 0 Å². The van der Waals surface area contributed by atoms with E-state index < -0.39 is 23.4 Å². The van der Waals surface area contributed by atoms with E-state index in [1.807, 2.05) is 0 Å². The molecule has 0 atom stereocenters. The molecule has 2 aromatic rings. The number of halogens is 3. The summed E-state index contributed by atoms with van der Waals surface area (Å²) in [5.74, 6) is -3.93. The fourth-order valence-corrected chi connectivity index (χ4v) is 1.47. The number of hydrogen-bond acceptors (Lipinski definition) is 2. The van der Waals surface area contributed by atoms with Crippen molar-refractivity contribution in [1.82, 2.24) is 0 Å². The molecule has 0 fully saturated rings. The van der Waals surface area contributed by atoms with E-state index in [4.69, 9.17) is 5.11 Å². The molecule has 6 heteroatoms. The Morgan fingerprint density at radius 3 is 2.37 bits per heavy atom. The zero-order valence-electron chi connectivity index (χ0n) is 9.45. The topological polar surface area (TPSA) is 49.3 Å². The lowest BCUT2D eigenvalue weighted by molar-refractivity contribution is 0.102. The number of carbonyl (C=O) groups excluding carboxylic acids is 1. The second-order valence-electron chi connectivity index (χ2n) is 3.74. The fourth-order valence-electron chi connectivity index (χ4n) is 1.47. The average Bonchev–Trinajstić information content (AvgIpc) is 2.32. The van der Waals surface area contributed by atoms with Gasteiger partial charge in [0.2, 0.25) is 0 Å². The summed E-state index contributed by atoms with van der Waals surface area (Å²) in [6.07, 6.45) is 0. The summed E-state index contributed by atoms with van der Waals surface area (Å²) < 4.78 is 39.4. The largest absolute Gasteiger partial charge is 0.508 e. The Morgan fingerprint density at radius 2 is 1.74 bits per heavy atom. The maximum absolute atomic E-state index is 13.4. The van der Waals surface area contributed by atoms with Crippen molar-refractivity contribution in [1.29, 1.82) is 0 Å². The molecule has 0 saturated carbocycles. The number of carbonyl (C=O) groups is 1. The predicted molar refractivity (Wildman–Crippen MR) is 62.4 cm³/mol. The Labute approximate surface area is 106 Å². The summed E-state index contributed by atoms with van der Waals surface area (Å²) in [6, 6.07) is 5.53. The van der Waals surface area contributed by atoms with Crippen molar-refractivity contribution in [2.45, 2.75) is 0 Å². The van der Waals surface area contributed by atoms with E-state index in [-0.39, 0.29) is 17.0 Å². The number of rotatable bonds is 2. The Kier molecular flexibility index (Phi) is 3.41. The summed E-state index contributed by atoms with van der Waals surface area (Å²) in [7, 11) is 0. The second kappa shape index (κ2) is 5.01. The minimum atomic E-state index is -0.965. The van der Waals surface area contributed by atoms with Gasteiger partial charge in [0.05, 0.1) is 11.3 Å². The van der Waals surface area contributed by atoms with Crippen molar-refractivity contribution >= 4 is 11.6 Å². The summed E-state index contributed by atoms with van der Waals surface area (Å²) in [5, 5.41) is 11.1. The molecule has 98 valence electrons. The number of aromatic hydroxyl groups is 1. The standard InChI is InChI=1S/C13H8F3NO2/c14-7-1-4-12(11(16)5-7)17-13(19)9-3-2-8(18)6-10(9)15/h1-6,18H,(H,17,19). The van der Waals surface area contributed by atoms with E-state index in [0.717, 1.165) is 30.3 Å². The van der Waals surface area contributed by atoms with Crippen molar-refractivity contribution in [3.05, 3.63) is 59.4 Å². The van der Waals surface area contributed by atoms with Crippen LogP contribution in [0.2, 0.25) is 0 Å². The van der Waals surface area contributed by atoms with Crippen LogP contribution >= 0.6 is 0 Å². The van der Waals surface area contributed by atoms with Gasteiger partial charge in [-0.2, -0.15) is 0 Å². The van der Waals surface area contributed by atoms with E-state index in [1.165, 1.54) is 0 Å². The first-order valence-corrected chi connectivity index (χ1v) is 5.22. The molecule has 0 spiro atoms. The molecular formula is C13H8F3NO2. The zero-order chi connectivity index (χ0) is 14.0. The summed E-state index contributed by atoms with van der Waals surface area (Å²) in [4.78, 5) is 11.7. The molecule has 2 N–H and O–H groups in total. The average molecular weight is 267 g/mol. The van der Waals surface area contributed by atoms with Gasteiger partial charge in [0.25, 0.3) is 5.91 Å². The van der Waals surface area contributed by atoms with Crippen molar-refractivity contribution in [3.63, 3.8) is 0 Å². The minimum Gasteiger partial charge on any atom is -0.508 e. The molecule has 0 aromatic heterocycles. The highest BCUT2D eigenvalue weighted by atomic mass is 19.1. The van der Waals surface area contributed by atoms with Gasteiger partial charge in [0.1, 0.15) is 23.2 Å². The normalized spacial score (nSPS) is 10.3. The molecule has 0 saturated heterocycles. The van der Waals surface area contributed by atoms with Crippen LogP contribution in [0.1, 0.15) is 10.4 Å². The minimum absolute atomic E-state index is 0.265. The van der Waals surface area contributed by atoms with Crippen molar-refractivity contribution in [2.24, 2.45) is 0 Å². The summed E-state index contributed by atoms with van der Waals surface area (Å²) in [6.45, 7) is 0. The van der Waals surface area contributed by atoms with Crippen LogP contribution in [0.3, 0.4) is 0 Å². The molecule has 19 heavy (non-hydrogen) atoms. The first-order chi connectivity index (χ1) is 8.97. The maximum atomic E-state index is 13.4. The van der Waals surface area contributed by atoms with E-state index in [9.17, 15) is 18.0 Å². The Balaban J connectivity index is 2.25. The Bertz CT molecular complexity index is 644. The van der Waals surface area contributed by atoms with Crippen molar-refractivity contribution in [3.8, 4) is 5.75 Å². The van der Waals surface area contributed by atoms with Crippen molar-refractivity contribution in [2.75, 3.05) is 5.32 Å². The molecular weight excluding hydrogens is 259 g/mol. The van der Waals surface area contributed by atoms with Crippen LogP contribution in [0, 0.1) is 17.5 Å². The van der Waals surface area contributed by atoms with Gasteiger partial charge in [-0.1, -0.05) is 0 Å². The fraction of sp³-hybridized carbons (Fsp3) is 0. The molecule has 0 radical (unpaired) electrons. The van der Waals surface area contributed by atoms with E-state index in [1.54, 1.807) is 0 Å². The first-order valence-electron chi connectivity index (χ1n) is 5.22. The molecule has 3 nitrogen and oxygen atoms in total. The molecule has 0 heterocycles. The quantitative estimate of drug-likeness (QED) is 0.878.